The third-order valence-electron chi connectivity index (χ3n) is 1.11. The smallest absolute Gasteiger partial charge is 0.435 e. The van der Waals surface area contributed by atoms with Crippen molar-refractivity contribution in [3.05, 3.63) is 0 Å². The van der Waals surface area contributed by atoms with E-state index in [-0.39, 0.29) is 11.7 Å². The first-order valence-corrected chi connectivity index (χ1v) is 3.78. The second-order valence-corrected chi connectivity index (χ2v) is 2.14. The van der Waals surface area contributed by atoms with Gasteiger partial charge in [0, 0.05) is 0 Å². The van der Waals surface area contributed by atoms with E-state index in [0.29, 0.717) is 0 Å². The third-order valence-corrected chi connectivity index (χ3v) is 1.11. The summed E-state index contributed by atoms with van der Waals surface area (Å²) >= 11 is 0. The van der Waals surface area contributed by atoms with Crippen molar-refractivity contribution in [2.75, 3.05) is 14.2 Å². The Morgan fingerprint density at radius 2 is 1.19 bits per heavy atom. The highest BCUT2D eigenvalue weighted by atomic mass is 16.8. The van der Waals surface area contributed by atoms with Crippen LogP contribution >= 0.6 is 0 Å². The zero-order chi connectivity index (χ0) is 12.6. The lowest BCUT2D eigenvalue weighted by Gasteiger charge is -1.93. The molecule has 0 bridgehead atoms. The number of methoxy groups -OCH3 is 2. The molecule has 0 aliphatic rings. The second kappa shape index (κ2) is 6.86. The number of nitrogens with one attached hydrogen (secondary N) is 2. The van der Waals surface area contributed by atoms with Crippen LogP contribution in [0.25, 0.3) is 0 Å². The molecule has 0 aliphatic heterocycles. The molecule has 0 radical (unpaired) electrons. The molecule has 10 heteroatoms. The highest BCUT2D eigenvalue weighted by molar-refractivity contribution is 6.34. The average molecular weight is 236 g/mol. The minimum atomic E-state index is -1.02. The van der Waals surface area contributed by atoms with E-state index < -0.39 is 12.3 Å². The Morgan fingerprint density at radius 3 is 1.44 bits per heavy atom. The number of carbonyl (C=O) groups is 2. The zero-order valence-electron chi connectivity index (χ0n) is 8.60. The summed E-state index contributed by atoms with van der Waals surface area (Å²) in [5, 5.41) is 3.88. The third kappa shape index (κ3) is 5.26. The van der Waals surface area contributed by atoms with Gasteiger partial charge in [0.15, 0.2) is 0 Å². The van der Waals surface area contributed by atoms with Crippen molar-refractivity contribution in [1.29, 1.82) is 0 Å². The molecule has 0 saturated carbocycles. The van der Waals surface area contributed by atoms with E-state index >= 15 is 0 Å². The molecule has 0 rings (SSSR count). The molecule has 0 fully saturated rings. The molecule has 10 nitrogen and oxygen atoms in total. The molecule has 0 aliphatic carbocycles. The van der Waals surface area contributed by atoms with Gasteiger partial charge >= 0.3 is 24.0 Å². The number of hydrogen-bond donors (Lipinski definition) is 4. The van der Waals surface area contributed by atoms with Gasteiger partial charge in [0.05, 0.1) is 14.2 Å². The van der Waals surface area contributed by atoms with Gasteiger partial charge in [-0.3, -0.25) is 11.5 Å². The van der Waals surface area contributed by atoms with E-state index in [0.717, 1.165) is 14.2 Å². The van der Waals surface area contributed by atoms with Gasteiger partial charge in [0.2, 0.25) is 0 Å². The fourth-order valence-electron chi connectivity index (χ4n) is 0.387. The van der Waals surface area contributed by atoms with E-state index in [4.69, 9.17) is 11.5 Å². The van der Waals surface area contributed by atoms with Crippen LogP contribution in [0.2, 0.25) is 0 Å². The monoisotopic (exact) mass is 236 g/mol. The summed E-state index contributed by atoms with van der Waals surface area (Å²) < 4.78 is 8.26. The Kier molecular flexibility index (Phi) is 5.78. The van der Waals surface area contributed by atoms with Crippen LogP contribution in [-0.2, 0) is 19.1 Å². The largest absolute Gasteiger partial charge is 0.550 e. The summed E-state index contributed by atoms with van der Waals surface area (Å²) in [4.78, 5) is 29.4. The van der Waals surface area contributed by atoms with E-state index in [1.165, 1.54) is 0 Å². The van der Waals surface area contributed by atoms with E-state index in [1.54, 1.807) is 0 Å². The minimum Gasteiger partial charge on any atom is -0.435 e. The summed E-state index contributed by atoms with van der Waals surface area (Å²) in [6.45, 7) is 0. The molecule has 6 N–H and O–H groups in total. The number of amidine groups is 2. The molecule has 0 atom stereocenters. The molecule has 0 spiro atoms. The summed E-state index contributed by atoms with van der Waals surface area (Å²) in [5.74, 6) is -0.594. The average Bonchev–Trinajstić information content (AvgIpc) is 2.31. The normalized spacial score (nSPS) is 11.6. The van der Waals surface area contributed by atoms with Crippen LogP contribution in [0.3, 0.4) is 0 Å². The maximum absolute atomic E-state index is 10.5. The fourth-order valence-corrected chi connectivity index (χ4v) is 0.387. The Morgan fingerprint density at radius 1 is 0.875 bits per heavy atom. The van der Waals surface area contributed by atoms with Gasteiger partial charge in [-0.25, -0.2) is 9.68 Å². The summed E-state index contributed by atoms with van der Waals surface area (Å²) in [6, 6.07) is 0. The highest BCUT2D eigenvalue weighted by Gasteiger charge is 2.16. The maximum atomic E-state index is 10.5. The Hall–Kier alpha value is -2.52. The fraction of sp³-hybridized carbons (Fsp3) is 0.333. The molecule has 16 heavy (non-hydrogen) atoms. The van der Waals surface area contributed by atoms with Gasteiger partial charge in [-0.1, -0.05) is 10.3 Å². The number of rotatable bonds is 2. The molecule has 0 unspecified atom stereocenters. The first-order chi connectivity index (χ1) is 7.51. The molecular weight excluding hydrogens is 224 g/mol. The number of hydrogen-bond acceptors (Lipinski definition) is 6. The Balaban J connectivity index is 4.30. The highest BCUT2D eigenvalue weighted by Crippen LogP contribution is 1.69. The van der Waals surface area contributed by atoms with Crippen molar-refractivity contribution in [2.45, 2.75) is 0 Å². The standard InChI is InChI=1S/C6H10N4O6/c1-13-5(11)15-9-3(7)4(8)10-16-6(12)14-2/h1-2H3,(H2,7,9)(H2,8,10)/p+2. The van der Waals surface area contributed by atoms with E-state index in [2.05, 4.69) is 19.1 Å². The van der Waals surface area contributed by atoms with Gasteiger partial charge in [-0.2, -0.15) is 9.59 Å². The second-order valence-electron chi connectivity index (χ2n) is 2.14. The van der Waals surface area contributed by atoms with Crippen LogP contribution in [0.1, 0.15) is 0 Å². The van der Waals surface area contributed by atoms with Gasteiger partial charge < -0.3 is 9.47 Å². The number of carbonyl (C=O) groups excluding carboxylic acids is 2. The van der Waals surface area contributed by atoms with Gasteiger partial charge in [0.25, 0.3) is 0 Å². The summed E-state index contributed by atoms with van der Waals surface area (Å²) in [5.41, 5.74) is 10.5. The topological polar surface area (TPSA) is 151 Å². The Bertz CT molecular complexity index is 293. The lowest BCUT2D eigenvalue weighted by atomic mass is 10.6. The van der Waals surface area contributed by atoms with Crippen LogP contribution < -0.4 is 21.8 Å². The van der Waals surface area contributed by atoms with Crippen molar-refractivity contribution in [2.24, 2.45) is 11.5 Å². The molecular formula is C6H12N4O6+2. The molecule has 0 aromatic rings. The van der Waals surface area contributed by atoms with E-state index in [9.17, 15) is 9.59 Å². The molecule has 0 aromatic heterocycles. The van der Waals surface area contributed by atoms with Gasteiger partial charge in [0.1, 0.15) is 0 Å². The first kappa shape index (κ1) is 13.5. The number of nitrogens with two attached hydrogens (primary N) is 2. The summed E-state index contributed by atoms with van der Waals surface area (Å²) in [7, 11) is 2.21. The molecule has 0 aromatic carbocycles. The predicted molar refractivity (Wildman–Crippen MR) is 47.3 cm³/mol. The Labute approximate surface area is 89.7 Å². The van der Waals surface area contributed by atoms with Crippen molar-refractivity contribution in [3.63, 3.8) is 0 Å². The van der Waals surface area contributed by atoms with Crippen molar-refractivity contribution < 1.29 is 39.0 Å². The lowest BCUT2D eigenvalue weighted by Crippen LogP contribution is -2.86. The van der Waals surface area contributed by atoms with Crippen molar-refractivity contribution >= 4 is 24.0 Å². The zero-order valence-corrected chi connectivity index (χ0v) is 8.60. The van der Waals surface area contributed by atoms with Crippen LogP contribution in [0.15, 0.2) is 0 Å². The van der Waals surface area contributed by atoms with Crippen LogP contribution in [-0.4, -0.2) is 38.2 Å². The van der Waals surface area contributed by atoms with Gasteiger partial charge in [-0.15, -0.1) is 0 Å². The minimum absolute atomic E-state index is 0.297. The summed E-state index contributed by atoms with van der Waals surface area (Å²) in [6.07, 6.45) is -2.05. The van der Waals surface area contributed by atoms with Crippen molar-refractivity contribution in [1.82, 2.24) is 0 Å². The van der Waals surface area contributed by atoms with Crippen LogP contribution in [0.4, 0.5) is 9.59 Å². The van der Waals surface area contributed by atoms with Crippen molar-refractivity contribution in [3.8, 4) is 0 Å². The predicted octanol–water partition coefficient (Wildman–Crippen LogP) is -4.74. The molecule has 0 saturated heterocycles. The van der Waals surface area contributed by atoms with Gasteiger partial charge in [-0.05, 0) is 0 Å². The SMILES string of the molecule is COC(=O)O[NH+]=C(N)C(N)=[NH+]OC(=O)OC. The van der Waals surface area contributed by atoms with Crippen LogP contribution in [0, 0.1) is 0 Å². The molecule has 0 heterocycles. The number of ether oxygens (including phenoxy) is 2. The lowest BCUT2D eigenvalue weighted by molar-refractivity contribution is -0.736. The molecule has 90 valence electrons. The van der Waals surface area contributed by atoms with Crippen LogP contribution in [0.5, 0.6) is 0 Å². The maximum Gasteiger partial charge on any atom is 0.550 e. The quantitative estimate of drug-likeness (QED) is 0.123. The van der Waals surface area contributed by atoms with E-state index in [1.807, 2.05) is 10.3 Å². The molecule has 0 amide bonds. The first-order valence-electron chi connectivity index (χ1n) is 3.78.